The number of carbonyl (C=O) groups is 1. The van der Waals surface area contributed by atoms with Gasteiger partial charge in [0.25, 0.3) is 0 Å². The maximum absolute atomic E-state index is 12.6. The van der Waals surface area contributed by atoms with Gasteiger partial charge in [0, 0.05) is 10.9 Å². The van der Waals surface area contributed by atoms with E-state index in [4.69, 9.17) is 4.98 Å². The van der Waals surface area contributed by atoms with Crippen LogP contribution in [0.3, 0.4) is 0 Å². The average molecular weight is 406 g/mol. The molecule has 0 aliphatic heterocycles. The van der Waals surface area contributed by atoms with Gasteiger partial charge in [0.1, 0.15) is 5.01 Å². The lowest BCUT2D eigenvalue weighted by Gasteiger charge is -2.04. The molecule has 4 nitrogen and oxygen atoms in total. The number of aromatic nitrogens is 2. The van der Waals surface area contributed by atoms with Crippen LogP contribution in [0, 0.1) is 13.8 Å². The lowest BCUT2D eigenvalue weighted by atomic mass is 10.1. The summed E-state index contributed by atoms with van der Waals surface area (Å²) in [6.45, 7) is 3.98. The highest BCUT2D eigenvalue weighted by molar-refractivity contribution is 7.18. The van der Waals surface area contributed by atoms with E-state index >= 15 is 0 Å². The Morgan fingerprint density at radius 2 is 1.71 bits per heavy atom. The highest BCUT2D eigenvalue weighted by atomic mass is 32.1. The lowest BCUT2D eigenvalue weighted by Crippen LogP contribution is -2.15. The van der Waals surface area contributed by atoms with Gasteiger partial charge >= 0.3 is 0 Å². The molecule has 4 aromatic rings. The average Bonchev–Trinajstić information content (AvgIpc) is 3.29. The number of amides is 1. The van der Waals surface area contributed by atoms with Gasteiger partial charge < -0.3 is 5.32 Å². The molecule has 0 unspecified atom stereocenters. The number of anilines is 1. The summed E-state index contributed by atoms with van der Waals surface area (Å²) < 4.78 is 0. The van der Waals surface area contributed by atoms with Crippen molar-refractivity contribution in [2.24, 2.45) is 0 Å². The molecule has 4 rings (SSSR count). The van der Waals surface area contributed by atoms with E-state index in [1.807, 2.05) is 42.6 Å². The number of aryl methyl sites for hydroxylation is 2. The molecule has 28 heavy (non-hydrogen) atoms. The fraction of sp³-hybridized carbons (Fsp3) is 0.136. The van der Waals surface area contributed by atoms with Crippen LogP contribution in [0.5, 0.6) is 0 Å². The number of carbonyl (C=O) groups excluding carboxylic acids is 1. The molecule has 0 bridgehead atoms. The minimum Gasteiger partial charge on any atom is -0.302 e. The summed E-state index contributed by atoms with van der Waals surface area (Å²) in [6, 6.07) is 18.4. The Kier molecular flexibility index (Phi) is 5.32. The number of nitrogens with zero attached hydrogens (tertiary/aromatic N) is 2. The van der Waals surface area contributed by atoms with Crippen molar-refractivity contribution in [2.45, 2.75) is 20.3 Å². The number of thiazole rings is 2. The second-order valence-electron chi connectivity index (χ2n) is 6.55. The van der Waals surface area contributed by atoms with E-state index in [2.05, 4.69) is 41.5 Å². The van der Waals surface area contributed by atoms with Crippen molar-refractivity contribution in [3.05, 3.63) is 76.9 Å². The van der Waals surface area contributed by atoms with Crippen LogP contribution >= 0.6 is 22.7 Å². The van der Waals surface area contributed by atoms with E-state index in [0.29, 0.717) is 5.13 Å². The quantitative estimate of drug-likeness (QED) is 0.461. The molecule has 2 aromatic carbocycles. The third-order valence-electron chi connectivity index (χ3n) is 4.23. The third kappa shape index (κ3) is 4.18. The Labute approximate surface area is 171 Å². The smallest absolute Gasteiger partial charge is 0.232 e. The molecular weight excluding hydrogens is 386 g/mol. The van der Waals surface area contributed by atoms with Crippen molar-refractivity contribution in [1.82, 2.24) is 9.97 Å². The molecule has 0 fully saturated rings. The van der Waals surface area contributed by atoms with Crippen LogP contribution in [0.2, 0.25) is 0 Å². The summed E-state index contributed by atoms with van der Waals surface area (Å²) in [6.07, 6.45) is 0.213. The third-order valence-corrected chi connectivity index (χ3v) is 6.30. The summed E-state index contributed by atoms with van der Waals surface area (Å²) >= 11 is 3.05. The lowest BCUT2D eigenvalue weighted by molar-refractivity contribution is -0.115. The molecule has 1 N–H and O–H groups in total. The molecular formula is C22H19N3OS2. The molecule has 2 aromatic heterocycles. The van der Waals surface area contributed by atoms with Crippen LogP contribution in [0.25, 0.3) is 21.0 Å². The van der Waals surface area contributed by atoms with Crippen molar-refractivity contribution in [3.63, 3.8) is 0 Å². The molecule has 140 valence electrons. The molecule has 0 aliphatic rings. The van der Waals surface area contributed by atoms with Crippen molar-refractivity contribution < 1.29 is 4.79 Å². The second kappa shape index (κ2) is 8.04. The van der Waals surface area contributed by atoms with E-state index in [1.165, 1.54) is 16.9 Å². The molecule has 2 heterocycles. The van der Waals surface area contributed by atoms with Crippen molar-refractivity contribution in [1.29, 1.82) is 0 Å². The van der Waals surface area contributed by atoms with Crippen LogP contribution in [0.4, 0.5) is 5.13 Å². The Bertz CT molecular complexity index is 1100. The molecule has 0 radical (unpaired) electrons. The number of benzene rings is 2. The fourth-order valence-electron chi connectivity index (χ4n) is 2.83. The van der Waals surface area contributed by atoms with E-state index in [-0.39, 0.29) is 12.3 Å². The minimum absolute atomic E-state index is 0.104. The summed E-state index contributed by atoms with van der Waals surface area (Å²) in [5.74, 6) is -0.104. The normalized spacial score (nSPS) is 10.8. The molecule has 1 amide bonds. The second-order valence-corrected chi connectivity index (χ2v) is 8.40. The highest BCUT2D eigenvalue weighted by Gasteiger charge is 2.18. The zero-order valence-electron chi connectivity index (χ0n) is 15.6. The van der Waals surface area contributed by atoms with E-state index in [1.54, 1.807) is 11.3 Å². The van der Waals surface area contributed by atoms with E-state index in [9.17, 15) is 4.79 Å². The number of nitrogens with one attached hydrogen (secondary N) is 1. The monoisotopic (exact) mass is 405 g/mol. The molecule has 6 heteroatoms. The fourth-order valence-corrected chi connectivity index (χ4v) is 4.63. The van der Waals surface area contributed by atoms with E-state index in [0.717, 1.165) is 32.4 Å². The molecule has 0 spiro atoms. The van der Waals surface area contributed by atoms with Gasteiger partial charge in [-0.05, 0) is 19.4 Å². The predicted octanol–water partition coefficient (Wildman–Crippen LogP) is 5.73. The predicted molar refractivity (Wildman–Crippen MR) is 117 cm³/mol. The van der Waals surface area contributed by atoms with Crippen LogP contribution < -0.4 is 5.32 Å². The summed E-state index contributed by atoms with van der Waals surface area (Å²) in [5.41, 5.74) is 5.04. The van der Waals surface area contributed by atoms with Crippen LogP contribution in [0.1, 0.15) is 17.0 Å². The SMILES string of the molecule is Cc1ccc(-c2sc(-c3ccccc3)nc2CC(=O)Nc2nc(C)cs2)cc1. The maximum Gasteiger partial charge on any atom is 0.232 e. The van der Waals surface area contributed by atoms with Gasteiger partial charge in [-0.15, -0.1) is 22.7 Å². The van der Waals surface area contributed by atoms with Gasteiger partial charge in [-0.3, -0.25) is 4.79 Å². The Balaban J connectivity index is 1.66. The standard InChI is InChI=1S/C22H19N3OS2/c1-14-8-10-16(11-9-14)20-18(12-19(26)25-22-23-15(2)13-27-22)24-21(28-20)17-6-4-3-5-7-17/h3-11,13H,12H2,1-2H3,(H,23,25,26). The van der Waals surface area contributed by atoms with Crippen molar-refractivity contribution in [2.75, 3.05) is 5.32 Å². The van der Waals surface area contributed by atoms with Crippen LogP contribution in [0.15, 0.2) is 60.0 Å². The van der Waals surface area contributed by atoms with Gasteiger partial charge in [-0.25, -0.2) is 9.97 Å². The number of hydrogen-bond donors (Lipinski definition) is 1. The Morgan fingerprint density at radius 1 is 0.964 bits per heavy atom. The summed E-state index contributed by atoms with van der Waals surface area (Å²) in [5, 5.41) is 6.34. The minimum atomic E-state index is -0.104. The van der Waals surface area contributed by atoms with Gasteiger partial charge in [0.15, 0.2) is 5.13 Å². The number of hydrogen-bond acceptors (Lipinski definition) is 5. The first-order valence-electron chi connectivity index (χ1n) is 8.92. The summed E-state index contributed by atoms with van der Waals surface area (Å²) in [4.78, 5) is 22.7. The highest BCUT2D eigenvalue weighted by Crippen LogP contribution is 2.36. The first-order valence-corrected chi connectivity index (χ1v) is 10.6. The molecule has 0 atom stereocenters. The largest absolute Gasteiger partial charge is 0.302 e. The van der Waals surface area contributed by atoms with Gasteiger partial charge in [-0.2, -0.15) is 0 Å². The zero-order valence-corrected chi connectivity index (χ0v) is 17.2. The zero-order chi connectivity index (χ0) is 19.5. The summed E-state index contributed by atoms with van der Waals surface area (Å²) in [7, 11) is 0. The Hall–Kier alpha value is -2.83. The molecule has 0 saturated heterocycles. The van der Waals surface area contributed by atoms with Crippen LogP contribution in [-0.4, -0.2) is 15.9 Å². The number of rotatable bonds is 5. The van der Waals surface area contributed by atoms with Gasteiger partial charge in [0.05, 0.1) is 22.7 Å². The molecule has 0 saturated carbocycles. The van der Waals surface area contributed by atoms with E-state index < -0.39 is 0 Å². The molecule has 0 aliphatic carbocycles. The topological polar surface area (TPSA) is 54.9 Å². The van der Waals surface area contributed by atoms with Gasteiger partial charge in [0.2, 0.25) is 5.91 Å². The Morgan fingerprint density at radius 3 is 2.39 bits per heavy atom. The first kappa shape index (κ1) is 18.5. The van der Waals surface area contributed by atoms with Crippen LogP contribution in [-0.2, 0) is 11.2 Å². The van der Waals surface area contributed by atoms with Crippen molar-refractivity contribution in [3.8, 4) is 21.0 Å². The van der Waals surface area contributed by atoms with Gasteiger partial charge in [-0.1, -0.05) is 60.2 Å². The van der Waals surface area contributed by atoms with Crippen molar-refractivity contribution >= 4 is 33.7 Å². The maximum atomic E-state index is 12.6. The first-order chi connectivity index (χ1) is 13.6.